The van der Waals surface area contributed by atoms with Crippen LogP contribution in [0.15, 0.2) is 66.8 Å². The Bertz CT molecular complexity index is 1440. The van der Waals surface area contributed by atoms with E-state index >= 15 is 0 Å². The molecule has 1 saturated heterocycles. The Labute approximate surface area is 251 Å². The number of pyridine rings is 2. The van der Waals surface area contributed by atoms with Gasteiger partial charge in [0.25, 0.3) is 0 Å². The van der Waals surface area contributed by atoms with Crippen LogP contribution in [0, 0.1) is 0 Å². The minimum atomic E-state index is -0.985. The third kappa shape index (κ3) is 5.62. The maximum Gasteiger partial charge on any atom is 0.218 e. The quantitative estimate of drug-likeness (QED) is 0.251. The zero-order valence-electron chi connectivity index (χ0n) is 23.3. The molecule has 3 unspecified atom stereocenters. The fourth-order valence-electron chi connectivity index (χ4n) is 5.86. The van der Waals surface area contributed by atoms with E-state index in [-0.39, 0.29) is 18.7 Å². The van der Waals surface area contributed by atoms with Gasteiger partial charge in [-0.25, -0.2) is 9.97 Å². The monoisotopic (exact) mass is 594 g/mol. The van der Waals surface area contributed by atoms with Crippen molar-refractivity contribution in [2.45, 2.75) is 48.6 Å². The summed E-state index contributed by atoms with van der Waals surface area (Å²) in [5.74, 6) is 0.971. The number of nitrogens with two attached hydrogens (primary N) is 1. The first kappa shape index (κ1) is 29.5. The molecule has 0 spiro atoms. The maximum atomic E-state index is 9.30. The van der Waals surface area contributed by atoms with Gasteiger partial charge in [0, 0.05) is 34.8 Å². The number of aliphatic hydroxyl groups excluding tert-OH is 1. The predicted molar refractivity (Wildman–Crippen MR) is 164 cm³/mol. The molecule has 3 heterocycles. The summed E-state index contributed by atoms with van der Waals surface area (Å²) in [6.45, 7) is 1.04. The lowest BCUT2D eigenvalue weighted by atomic mass is 9.70. The number of aromatic nitrogens is 2. The van der Waals surface area contributed by atoms with Crippen molar-refractivity contribution in [3.05, 3.63) is 99.9 Å². The first-order valence-electron chi connectivity index (χ1n) is 13.9. The van der Waals surface area contributed by atoms with E-state index in [0.29, 0.717) is 41.0 Å². The van der Waals surface area contributed by atoms with Crippen LogP contribution in [0.4, 0.5) is 0 Å². The molecule has 216 valence electrons. The Kier molecular flexibility index (Phi) is 9.32. The first-order chi connectivity index (χ1) is 19.9. The van der Waals surface area contributed by atoms with E-state index in [1.807, 2.05) is 60.7 Å². The van der Waals surface area contributed by atoms with Crippen LogP contribution < -0.4 is 20.5 Å². The van der Waals surface area contributed by atoms with Gasteiger partial charge in [-0.05, 0) is 61.6 Å². The number of allylic oxidation sites excluding steroid dienone is 4. The largest absolute Gasteiger partial charge is 0.481 e. The van der Waals surface area contributed by atoms with Crippen LogP contribution in [0.1, 0.15) is 65.8 Å². The zero-order chi connectivity index (χ0) is 29.0. The van der Waals surface area contributed by atoms with Crippen LogP contribution >= 0.6 is 23.2 Å². The van der Waals surface area contributed by atoms with E-state index in [1.165, 1.54) is 0 Å². The molecule has 1 aliphatic carbocycles. The minimum Gasteiger partial charge on any atom is -0.481 e. The van der Waals surface area contributed by atoms with Crippen molar-refractivity contribution >= 4 is 28.8 Å². The maximum absolute atomic E-state index is 9.30. The third-order valence-electron chi connectivity index (χ3n) is 8.01. The van der Waals surface area contributed by atoms with Crippen molar-refractivity contribution in [3.8, 4) is 11.8 Å². The summed E-state index contributed by atoms with van der Waals surface area (Å²) >= 11 is 14.2. The van der Waals surface area contributed by atoms with E-state index in [1.54, 1.807) is 14.2 Å². The molecule has 5 rings (SSSR count). The second-order valence-electron chi connectivity index (χ2n) is 10.4. The van der Waals surface area contributed by atoms with Crippen LogP contribution in [0.3, 0.4) is 0 Å². The molecule has 1 aliphatic heterocycles. The number of hydrogen-bond donors (Lipinski definition) is 3. The van der Waals surface area contributed by atoms with Crippen molar-refractivity contribution in [2.75, 3.05) is 27.4 Å². The summed E-state index contributed by atoms with van der Waals surface area (Å²) in [5.41, 5.74) is 10.3. The molecule has 4 N–H and O–H groups in total. The van der Waals surface area contributed by atoms with Crippen LogP contribution in [-0.4, -0.2) is 47.8 Å². The second-order valence-corrected chi connectivity index (χ2v) is 11.2. The van der Waals surface area contributed by atoms with Crippen molar-refractivity contribution in [1.29, 1.82) is 0 Å². The smallest absolute Gasteiger partial charge is 0.218 e. The molecule has 1 aromatic carbocycles. The van der Waals surface area contributed by atoms with Crippen molar-refractivity contribution in [1.82, 2.24) is 15.3 Å². The predicted octanol–water partition coefficient (Wildman–Crippen LogP) is 5.89. The van der Waals surface area contributed by atoms with Gasteiger partial charge in [-0.2, -0.15) is 0 Å². The Morgan fingerprint density at radius 3 is 2.49 bits per heavy atom. The van der Waals surface area contributed by atoms with Gasteiger partial charge < -0.3 is 25.6 Å². The molecule has 4 atom stereocenters. The van der Waals surface area contributed by atoms with Gasteiger partial charge in [-0.15, -0.1) is 11.6 Å². The highest BCUT2D eigenvalue weighted by Crippen LogP contribution is 2.49. The lowest BCUT2D eigenvalue weighted by molar-refractivity contribution is 0.279. The number of alkyl halides is 1. The fourth-order valence-corrected chi connectivity index (χ4v) is 6.59. The highest BCUT2D eigenvalue weighted by molar-refractivity contribution is 6.34. The standard InChI is InChI=1S/C32H36Cl2N4O3/c1-40-30-22(25(35)11-7-19-39)13-15-27(37-30)32(17-5-9-21(29(32)34)20-8-3-4-10-24(20)33)28-16-14-23(31(38-28)41-2)26-12-6-18-36-26/h3-5,8-10,13-17,25-26,29,36,39H,6-7,11-12,18-19,35H2,1-2H3/t25?,26-,29?,32?/m0/s1. The summed E-state index contributed by atoms with van der Waals surface area (Å²) in [6, 6.07) is 15.5. The molecule has 41 heavy (non-hydrogen) atoms. The summed E-state index contributed by atoms with van der Waals surface area (Å²) in [4.78, 5) is 10.1. The molecule has 0 bridgehead atoms. The van der Waals surface area contributed by atoms with Crippen LogP contribution in [-0.2, 0) is 5.41 Å². The Morgan fingerprint density at radius 2 is 1.80 bits per heavy atom. The number of nitrogens with one attached hydrogen (secondary N) is 1. The average molecular weight is 596 g/mol. The van der Waals surface area contributed by atoms with E-state index in [9.17, 15) is 5.11 Å². The molecule has 1 fully saturated rings. The molecule has 7 nitrogen and oxygen atoms in total. The number of aliphatic hydroxyl groups is 1. The van der Waals surface area contributed by atoms with Gasteiger partial charge in [0.2, 0.25) is 11.8 Å². The van der Waals surface area contributed by atoms with Crippen molar-refractivity contribution < 1.29 is 14.6 Å². The van der Waals surface area contributed by atoms with E-state index in [0.717, 1.165) is 41.6 Å². The molecule has 0 saturated carbocycles. The highest BCUT2D eigenvalue weighted by atomic mass is 35.5. The average Bonchev–Trinajstić information content (AvgIpc) is 3.55. The van der Waals surface area contributed by atoms with E-state index < -0.39 is 10.8 Å². The van der Waals surface area contributed by atoms with Gasteiger partial charge >= 0.3 is 0 Å². The zero-order valence-corrected chi connectivity index (χ0v) is 24.8. The molecule has 2 aliphatic rings. The Balaban J connectivity index is 1.68. The molecule has 0 radical (unpaired) electrons. The first-order valence-corrected chi connectivity index (χ1v) is 14.7. The molecule has 9 heteroatoms. The van der Waals surface area contributed by atoms with Gasteiger partial charge in [0.05, 0.1) is 36.4 Å². The summed E-state index contributed by atoms with van der Waals surface area (Å²) < 4.78 is 11.6. The number of benzene rings is 1. The molecular formula is C32H36Cl2N4O3. The highest BCUT2D eigenvalue weighted by Gasteiger charge is 2.46. The summed E-state index contributed by atoms with van der Waals surface area (Å²) in [5, 5.41) is 12.8. The normalized spacial score (nSPS) is 22.8. The summed E-state index contributed by atoms with van der Waals surface area (Å²) in [6.07, 6.45) is 9.32. The lowest BCUT2D eigenvalue weighted by Crippen LogP contribution is -2.40. The second kappa shape index (κ2) is 12.9. The number of hydrogen-bond acceptors (Lipinski definition) is 7. The minimum absolute atomic E-state index is 0.0698. The number of methoxy groups -OCH3 is 2. The fraction of sp³-hybridized carbons (Fsp3) is 0.375. The number of nitrogens with zero attached hydrogens (tertiary/aromatic N) is 2. The lowest BCUT2D eigenvalue weighted by Gasteiger charge is -2.38. The van der Waals surface area contributed by atoms with Crippen molar-refractivity contribution in [2.24, 2.45) is 5.73 Å². The Hall–Kier alpha value is -2.94. The molecular weight excluding hydrogens is 559 g/mol. The molecule has 0 amide bonds. The number of halogens is 2. The van der Waals surface area contributed by atoms with Crippen molar-refractivity contribution in [3.63, 3.8) is 0 Å². The number of ether oxygens (including phenoxy) is 2. The van der Waals surface area contributed by atoms with E-state index in [4.69, 9.17) is 48.4 Å². The van der Waals surface area contributed by atoms with Gasteiger partial charge in [-0.3, -0.25) is 0 Å². The Morgan fingerprint density at radius 1 is 1.07 bits per heavy atom. The topological polar surface area (TPSA) is 103 Å². The number of rotatable bonds is 10. The van der Waals surface area contributed by atoms with Crippen LogP contribution in [0.25, 0.3) is 5.57 Å². The van der Waals surface area contributed by atoms with E-state index in [2.05, 4.69) is 11.4 Å². The summed E-state index contributed by atoms with van der Waals surface area (Å²) in [7, 11) is 3.22. The third-order valence-corrected chi connectivity index (χ3v) is 8.92. The van der Waals surface area contributed by atoms with Gasteiger partial charge in [-0.1, -0.05) is 60.2 Å². The van der Waals surface area contributed by atoms with Crippen LogP contribution in [0.2, 0.25) is 5.02 Å². The van der Waals surface area contributed by atoms with Gasteiger partial charge in [0.1, 0.15) is 0 Å². The molecule has 2 aromatic heterocycles. The molecule has 3 aromatic rings. The SMILES string of the molecule is COc1nc(C2(c3ccc([C@@H]4CCCN4)c(OC)n3)C=CC=C(c3ccccc3Cl)C2Cl)ccc1C(N)CCCO. The van der Waals surface area contributed by atoms with Crippen LogP contribution in [0.5, 0.6) is 11.8 Å². The van der Waals surface area contributed by atoms with Gasteiger partial charge in [0.15, 0.2) is 0 Å².